The summed E-state index contributed by atoms with van der Waals surface area (Å²) in [7, 11) is 2.05. The van der Waals surface area contributed by atoms with Gasteiger partial charge in [-0.15, -0.1) is 0 Å². The fraction of sp³-hybridized carbons (Fsp3) is 0.0400. The Morgan fingerprint density at radius 2 is 1.52 bits per heavy atom. The summed E-state index contributed by atoms with van der Waals surface area (Å²) in [5, 5.41) is 5.64. The number of hydrogen-bond acceptors (Lipinski definition) is 3. The van der Waals surface area contributed by atoms with Crippen LogP contribution in [0.4, 0.5) is 17.1 Å². The average Bonchev–Trinajstić information content (AvgIpc) is 2.78. The molecule has 0 saturated carbocycles. The highest BCUT2D eigenvalue weighted by molar-refractivity contribution is 6.30. The predicted octanol–water partition coefficient (Wildman–Crippen LogP) is 6.96. The Hall–Kier alpha value is -3.34. The number of hydrogen-bond donors (Lipinski definition) is 1. The molecule has 0 fully saturated rings. The van der Waals surface area contributed by atoms with Crippen LogP contribution < -0.4 is 10.7 Å². The van der Waals surface area contributed by atoms with Crippen molar-refractivity contribution in [1.29, 1.82) is 0 Å². The van der Waals surface area contributed by atoms with E-state index in [9.17, 15) is 0 Å². The molecule has 3 aromatic rings. The van der Waals surface area contributed by atoms with Crippen LogP contribution in [-0.2, 0) is 7.05 Å². The molecule has 152 valence electrons. The third-order valence-electron chi connectivity index (χ3n) is 5.14. The maximum atomic E-state index is 6.05. The summed E-state index contributed by atoms with van der Waals surface area (Å²) in [6, 6.07) is 27.2. The summed E-state index contributed by atoms with van der Waals surface area (Å²) >= 11 is 12.1. The van der Waals surface area contributed by atoms with E-state index in [1.54, 1.807) is 0 Å². The van der Waals surface area contributed by atoms with Gasteiger partial charge < -0.3 is 9.88 Å². The van der Waals surface area contributed by atoms with E-state index in [0.717, 1.165) is 44.8 Å². The second-order valence-electron chi connectivity index (χ2n) is 7.24. The van der Waals surface area contributed by atoms with Crippen LogP contribution in [0.1, 0.15) is 0 Å². The Morgan fingerprint density at radius 3 is 2.26 bits per heavy atom. The molecular formula is C25H18Cl2N4. The summed E-state index contributed by atoms with van der Waals surface area (Å²) in [5.74, 6) is 0. The van der Waals surface area contributed by atoms with Gasteiger partial charge in [0, 0.05) is 22.8 Å². The monoisotopic (exact) mass is 444 g/mol. The molecule has 0 spiro atoms. The molecule has 1 aliphatic heterocycles. The Bertz CT molecular complexity index is 1420. The van der Waals surface area contributed by atoms with E-state index < -0.39 is 0 Å². The van der Waals surface area contributed by atoms with Crippen molar-refractivity contribution in [2.24, 2.45) is 12.0 Å². The van der Waals surface area contributed by atoms with Crippen LogP contribution in [-0.4, -0.2) is 9.55 Å². The lowest BCUT2D eigenvalue weighted by Gasteiger charge is -2.17. The van der Waals surface area contributed by atoms with Crippen LogP contribution in [0.2, 0.25) is 10.0 Å². The van der Waals surface area contributed by atoms with E-state index >= 15 is 0 Å². The predicted molar refractivity (Wildman–Crippen MR) is 129 cm³/mol. The SMILES string of the molecule is Cn1c2cc(=Nc3ccc(Cl)cc3)c(Nc3ccc(Cl)cc3)cc-2nc2ccccc21. The van der Waals surface area contributed by atoms with Crippen LogP contribution in [0.15, 0.2) is 89.9 Å². The number of rotatable bonds is 3. The van der Waals surface area contributed by atoms with Gasteiger partial charge in [0.15, 0.2) is 0 Å². The van der Waals surface area contributed by atoms with Crippen LogP contribution in [0.3, 0.4) is 0 Å². The van der Waals surface area contributed by atoms with Gasteiger partial charge >= 0.3 is 0 Å². The van der Waals surface area contributed by atoms with Crippen LogP contribution in [0, 0.1) is 0 Å². The number of aryl methyl sites for hydroxylation is 1. The van der Waals surface area contributed by atoms with Gasteiger partial charge in [0.2, 0.25) is 0 Å². The average molecular weight is 445 g/mol. The molecule has 2 aliphatic rings. The zero-order valence-electron chi connectivity index (χ0n) is 16.7. The van der Waals surface area contributed by atoms with E-state index in [-0.39, 0.29) is 0 Å². The number of halogens is 2. The standard InChI is InChI=1S/C25H18Cl2N4/c1-31-24-5-3-2-4-20(24)30-23-14-21(28-18-10-6-16(26)7-11-18)22(15-25(23)31)29-19-12-8-17(27)9-13-19/h2-15,28H,1H3. The molecule has 1 aliphatic carbocycles. The van der Waals surface area contributed by atoms with Gasteiger partial charge in [-0.3, -0.25) is 0 Å². The van der Waals surface area contributed by atoms with E-state index in [1.165, 1.54) is 0 Å². The van der Waals surface area contributed by atoms with E-state index in [1.807, 2.05) is 79.8 Å². The highest BCUT2D eigenvalue weighted by atomic mass is 35.5. The Balaban J connectivity index is 1.75. The second-order valence-corrected chi connectivity index (χ2v) is 8.11. The van der Waals surface area contributed by atoms with Gasteiger partial charge in [-0.1, -0.05) is 35.3 Å². The molecule has 0 unspecified atom stereocenters. The van der Waals surface area contributed by atoms with Gasteiger partial charge in [0.25, 0.3) is 0 Å². The number of fused-ring (bicyclic) bond motifs is 2. The molecule has 1 N–H and O–H groups in total. The van der Waals surface area contributed by atoms with E-state index in [4.69, 9.17) is 33.2 Å². The number of anilines is 2. The summed E-state index contributed by atoms with van der Waals surface area (Å²) in [6.07, 6.45) is 0. The number of nitrogens with one attached hydrogen (secondary N) is 1. The van der Waals surface area contributed by atoms with Crippen LogP contribution >= 0.6 is 23.2 Å². The van der Waals surface area contributed by atoms with Crippen molar-refractivity contribution < 1.29 is 0 Å². The zero-order valence-corrected chi connectivity index (χ0v) is 18.2. The molecule has 6 heteroatoms. The molecule has 0 saturated heterocycles. The summed E-state index contributed by atoms with van der Waals surface area (Å²) in [4.78, 5) is 9.75. The minimum absolute atomic E-state index is 0.680. The molecule has 31 heavy (non-hydrogen) atoms. The molecule has 4 nitrogen and oxygen atoms in total. The van der Waals surface area contributed by atoms with Crippen molar-refractivity contribution >= 4 is 51.3 Å². The fourth-order valence-corrected chi connectivity index (χ4v) is 3.81. The van der Waals surface area contributed by atoms with Crippen molar-refractivity contribution in [3.63, 3.8) is 0 Å². The lowest BCUT2D eigenvalue weighted by molar-refractivity contribution is 0.944. The maximum Gasteiger partial charge on any atom is 0.0896 e. The summed E-state index contributed by atoms with van der Waals surface area (Å²) in [6.45, 7) is 0. The molecule has 3 aromatic carbocycles. The Kier molecular flexibility index (Phi) is 5.10. The molecule has 1 heterocycles. The zero-order chi connectivity index (χ0) is 21.4. The summed E-state index contributed by atoms with van der Waals surface area (Å²) < 4.78 is 2.14. The van der Waals surface area contributed by atoms with Crippen molar-refractivity contribution in [3.05, 3.63) is 100 Å². The third kappa shape index (κ3) is 4.00. The quantitative estimate of drug-likeness (QED) is 0.305. The molecule has 0 radical (unpaired) electrons. The van der Waals surface area contributed by atoms with Crippen molar-refractivity contribution in [2.75, 3.05) is 5.32 Å². The Labute approximate surface area is 189 Å². The number of aromatic nitrogens is 2. The van der Waals surface area contributed by atoms with Gasteiger partial charge in [-0.25, -0.2) is 9.98 Å². The minimum atomic E-state index is 0.680. The molecule has 0 amide bonds. The first kappa shape index (κ1) is 19.6. The van der Waals surface area contributed by atoms with Gasteiger partial charge in [0.05, 0.1) is 39.2 Å². The lowest BCUT2D eigenvalue weighted by Crippen LogP contribution is -2.14. The largest absolute Gasteiger partial charge is 0.354 e. The molecular weight excluding hydrogens is 427 g/mol. The highest BCUT2D eigenvalue weighted by Gasteiger charge is 2.13. The minimum Gasteiger partial charge on any atom is -0.354 e. The fourth-order valence-electron chi connectivity index (χ4n) is 3.56. The number of para-hydroxylation sites is 2. The normalized spacial score (nSPS) is 11.9. The molecule has 0 bridgehead atoms. The maximum absolute atomic E-state index is 6.05. The van der Waals surface area contributed by atoms with Gasteiger partial charge in [-0.05, 0) is 72.8 Å². The first-order valence-electron chi connectivity index (χ1n) is 9.79. The first-order valence-corrected chi connectivity index (χ1v) is 10.5. The van der Waals surface area contributed by atoms with Crippen molar-refractivity contribution in [2.45, 2.75) is 0 Å². The molecule has 0 atom stereocenters. The smallest absolute Gasteiger partial charge is 0.0896 e. The van der Waals surface area contributed by atoms with Crippen LogP contribution in [0.25, 0.3) is 22.4 Å². The highest BCUT2D eigenvalue weighted by Crippen LogP contribution is 2.27. The van der Waals surface area contributed by atoms with E-state index in [0.29, 0.717) is 10.0 Å². The van der Waals surface area contributed by atoms with Gasteiger partial charge in [0.1, 0.15) is 0 Å². The van der Waals surface area contributed by atoms with Crippen LogP contribution in [0.5, 0.6) is 0 Å². The van der Waals surface area contributed by atoms with Gasteiger partial charge in [-0.2, -0.15) is 0 Å². The Morgan fingerprint density at radius 1 is 0.839 bits per heavy atom. The molecule has 5 rings (SSSR count). The topological polar surface area (TPSA) is 42.2 Å². The van der Waals surface area contributed by atoms with Crippen molar-refractivity contribution in [1.82, 2.24) is 9.55 Å². The third-order valence-corrected chi connectivity index (χ3v) is 5.64. The number of benzene rings is 4. The van der Waals surface area contributed by atoms with Crippen molar-refractivity contribution in [3.8, 4) is 11.4 Å². The lowest BCUT2D eigenvalue weighted by atomic mass is 10.1. The number of nitrogens with zero attached hydrogens (tertiary/aromatic N) is 3. The molecule has 0 aromatic heterocycles. The van der Waals surface area contributed by atoms with E-state index in [2.05, 4.69) is 22.0 Å². The summed E-state index contributed by atoms with van der Waals surface area (Å²) in [5.41, 5.74) is 6.47. The second kappa shape index (κ2) is 8.06. The first-order chi connectivity index (χ1) is 15.1.